The number of rotatable bonds is 1. The van der Waals surface area contributed by atoms with Gasteiger partial charge in [0.15, 0.2) is 0 Å². The minimum absolute atomic E-state index is 0.418. The Balaban J connectivity index is 0.000000561. The number of alkyl halides is 1. The summed E-state index contributed by atoms with van der Waals surface area (Å²) in [5, 5.41) is 3.23. The minimum atomic E-state index is 0.418. The topological polar surface area (TPSA) is 12.0 Å². The Bertz CT molecular complexity index is 173. The Morgan fingerprint density at radius 1 is 1.50 bits per heavy atom. The molecule has 0 aliphatic carbocycles. The molecule has 0 saturated heterocycles. The first-order valence-electron chi connectivity index (χ1n) is 4.14. The number of allylic oxidation sites excluding steroid dienone is 2. The van der Waals surface area contributed by atoms with Gasteiger partial charge in [0.2, 0.25) is 0 Å². The molecular formula is C9H15Br2N. The van der Waals surface area contributed by atoms with E-state index in [9.17, 15) is 0 Å². The van der Waals surface area contributed by atoms with Crippen LogP contribution < -0.4 is 5.32 Å². The molecule has 0 spiro atoms. The second-order valence-corrected chi connectivity index (χ2v) is 4.62. The van der Waals surface area contributed by atoms with Crippen LogP contribution in [0.2, 0.25) is 0 Å². The highest BCUT2D eigenvalue weighted by Gasteiger charge is 2.10. The van der Waals surface area contributed by atoms with E-state index in [1.54, 1.807) is 0 Å². The zero-order valence-electron chi connectivity index (χ0n) is 7.64. The van der Waals surface area contributed by atoms with E-state index in [4.69, 9.17) is 0 Å². The maximum absolute atomic E-state index is 3.50. The van der Waals surface area contributed by atoms with Crippen molar-refractivity contribution in [2.75, 3.05) is 0 Å². The normalized spacial score (nSPS) is 23.1. The van der Waals surface area contributed by atoms with E-state index in [1.165, 1.54) is 0 Å². The molecule has 0 amide bonds. The molecule has 1 heterocycles. The monoisotopic (exact) mass is 295 g/mol. The molecule has 0 aromatic rings. The van der Waals surface area contributed by atoms with Crippen molar-refractivity contribution in [1.82, 2.24) is 5.32 Å². The molecule has 1 rings (SSSR count). The van der Waals surface area contributed by atoms with Crippen LogP contribution in [-0.4, -0.2) is 10.9 Å². The van der Waals surface area contributed by atoms with E-state index in [1.807, 2.05) is 20.0 Å². The minimum Gasteiger partial charge on any atom is -0.383 e. The maximum atomic E-state index is 3.50. The number of dihydropyridines is 1. The van der Waals surface area contributed by atoms with Gasteiger partial charge in [-0.1, -0.05) is 42.8 Å². The molecule has 1 aliphatic heterocycles. The quantitative estimate of drug-likeness (QED) is 0.730. The van der Waals surface area contributed by atoms with Gasteiger partial charge in [0.05, 0.1) is 6.04 Å². The van der Waals surface area contributed by atoms with Gasteiger partial charge in [0, 0.05) is 15.5 Å². The summed E-state index contributed by atoms with van der Waals surface area (Å²) in [6, 6.07) is 0.418. The molecule has 1 aliphatic rings. The first kappa shape index (κ1) is 12.2. The van der Waals surface area contributed by atoms with Crippen molar-refractivity contribution in [1.29, 1.82) is 0 Å². The molecule has 12 heavy (non-hydrogen) atoms. The zero-order valence-corrected chi connectivity index (χ0v) is 10.8. The molecular weight excluding hydrogens is 282 g/mol. The second kappa shape index (κ2) is 6.72. The van der Waals surface area contributed by atoms with Crippen LogP contribution in [0.15, 0.2) is 22.8 Å². The predicted octanol–water partition coefficient (Wildman–Crippen LogP) is 3.56. The summed E-state index contributed by atoms with van der Waals surface area (Å²) in [7, 11) is 0. The van der Waals surface area contributed by atoms with E-state index in [0.717, 1.165) is 4.48 Å². The lowest BCUT2D eigenvalue weighted by Crippen LogP contribution is -2.31. The highest BCUT2D eigenvalue weighted by atomic mass is 79.9. The van der Waals surface area contributed by atoms with Gasteiger partial charge in [-0.2, -0.15) is 0 Å². The maximum Gasteiger partial charge on any atom is 0.0565 e. The van der Waals surface area contributed by atoms with Crippen molar-refractivity contribution in [2.24, 2.45) is 0 Å². The van der Waals surface area contributed by atoms with Crippen molar-refractivity contribution in [2.45, 2.75) is 31.6 Å². The van der Waals surface area contributed by atoms with Crippen LogP contribution in [0.1, 0.15) is 20.8 Å². The van der Waals surface area contributed by atoms with Gasteiger partial charge in [0.25, 0.3) is 0 Å². The summed E-state index contributed by atoms with van der Waals surface area (Å²) in [5.74, 6) is 0. The molecule has 0 saturated carbocycles. The summed E-state index contributed by atoms with van der Waals surface area (Å²) in [6.07, 6.45) is 6.14. The van der Waals surface area contributed by atoms with Crippen LogP contribution >= 0.6 is 31.9 Å². The summed E-state index contributed by atoms with van der Waals surface area (Å²) >= 11 is 6.86. The molecule has 0 aromatic heterocycles. The molecule has 0 bridgehead atoms. The van der Waals surface area contributed by atoms with Gasteiger partial charge in [0.1, 0.15) is 0 Å². The zero-order chi connectivity index (χ0) is 9.56. The Morgan fingerprint density at radius 2 is 2.08 bits per heavy atom. The van der Waals surface area contributed by atoms with Gasteiger partial charge in [-0.3, -0.25) is 0 Å². The third-order valence-electron chi connectivity index (χ3n) is 1.37. The fourth-order valence-corrected chi connectivity index (χ4v) is 1.37. The molecule has 70 valence electrons. The van der Waals surface area contributed by atoms with Crippen molar-refractivity contribution in [3.8, 4) is 0 Å². The van der Waals surface area contributed by atoms with Gasteiger partial charge in [-0.15, -0.1) is 0 Å². The molecule has 3 heteroatoms. The Hall–Kier alpha value is 0.240. The highest BCUT2D eigenvalue weighted by Crippen LogP contribution is 2.14. The summed E-state index contributed by atoms with van der Waals surface area (Å²) in [4.78, 5) is 0.473. The Morgan fingerprint density at radius 3 is 2.42 bits per heavy atom. The standard InChI is InChI=1S/C7H9Br2N.C2H6/c1-5(8)7-3-2-6(9)4-10-7;1-2/h2-5,7,10H,1H3;1-2H3. The van der Waals surface area contributed by atoms with E-state index in [2.05, 4.69) is 56.3 Å². The summed E-state index contributed by atoms with van der Waals surface area (Å²) in [6.45, 7) is 6.12. The summed E-state index contributed by atoms with van der Waals surface area (Å²) in [5.41, 5.74) is 0. The average molecular weight is 297 g/mol. The molecule has 0 aromatic carbocycles. The second-order valence-electron chi connectivity index (χ2n) is 2.26. The van der Waals surface area contributed by atoms with E-state index in [-0.39, 0.29) is 0 Å². The predicted molar refractivity (Wildman–Crippen MR) is 62.8 cm³/mol. The molecule has 0 fully saturated rings. The van der Waals surface area contributed by atoms with Crippen LogP contribution in [0.4, 0.5) is 0 Å². The molecule has 0 radical (unpaired) electrons. The van der Waals surface area contributed by atoms with Gasteiger partial charge in [-0.25, -0.2) is 0 Å². The molecule has 2 unspecified atom stereocenters. The van der Waals surface area contributed by atoms with Crippen molar-refractivity contribution in [3.05, 3.63) is 22.8 Å². The lowest BCUT2D eigenvalue weighted by atomic mass is 10.2. The number of hydrogen-bond donors (Lipinski definition) is 1. The lowest BCUT2D eigenvalue weighted by Gasteiger charge is -2.18. The SMILES string of the molecule is CC.CC(Br)C1C=CC(Br)=CN1. The fraction of sp³-hybridized carbons (Fsp3) is 0.556. The lowest BCUT2D eigenvalue weighted by molar-refractivity contribution is 0.690. The highest BCUT2D eigenvalue weighted by molar-refractivity contribution is 9.11. The number of nitrogens with one attached hydrogen (secondary N) is 1. The first-order chi connectivity index (χ1) is 5.70. The largest absolute Gasteiger partial charge is 0.383 e. The van der Waals surface area contributed by atoms with Crippen molar-refractivity contribution in [3.63, 3.8) is 0 Å². The van der Waals surface area contributed by atoms with Gasteiger partial charge >= 0.3 is 0 Å². The van der Waals surface area contributed by atoms with E-state index in [0.29, 0.717) is 10.9 Å². The van der Waals surface area contributed by atoms with Gasteiger partial charge < -0.3 is 5.32 Å². The summed E-state index contributed by atoms with van der Waals surface area (Å²) < 4.78 is 1.09. The van der Waals surface area contributed by atoms with Crippen molar-refractivity contribution < 1.29 is 0 Å². The molecule has 2 atom stereocenters. The smallest absolute Gasteiger partial charge is 0.0565 e. The van der Waals surface area contributed by atoms with Crippen LogP contribution in [-0.2, 0) is 0 Å². The first-order valence-corrected chi connectivity index (χ1v) is 5.85. The van der Waals surface area contributed by atoms with E-state index < -0.39 is 0 Å². The fourth-order valence-electron chi connectivity index (χ4n) is 0.761. The third kappa shape index (κ3) is 4.31. The number of hydrogen-bond acceptors (Lipinski definition) is 1. The van der Waals surface area contributed by atoms with E-state index >= 15 is 0 Å². The molecule has 1 nitrogen and oxygen atoms in total. The van der Waals surface area contributed by atoms with Crippen LogP contribution in [0.5, 0.6) is 0 Å². The number of halogens is 2. The van der Waals surface area contributed by atoms with Crippen LogP contribution in [0, 0.1) is 0 Å². The molecule has 1 N–H and O–H groups in total. The van der Waals surface area contributed by atoms with Crippen molar-refractivity contribution >= 4 is 31.9 Å². The van der Waals surface area contributed by atoms with Crippen LogP contribution in [0.3, 0.4) is 0 Å². The Kier molecular flexibility index (Phi) is 6.86. The average Bonchev–Trinajstić information content (AvgIpc) is 2.09. The van der Waals surface area contributed by atoms with Crippen LogP contribution in [0.25, 0.3) is 0 Å². The Labute approximate surface area is 91.6 Å². The van der Waals surface area contributed by atoms with Gasteiger partial charge in [-0.05, 0) is 22.0 Å². The third-order valence-corrected chi connectivity index (χ3v) is 2.43.